The fraction of sp³-hybridized carbons (Fsp3) is 0.438. The zero-order valence-electron chi connectivity index (χ0n) is 12.2. The summed E-state index contributed by atoms with van der Waals surface area (Å²) in [6.07, 6.45) is 3.93. The van der Waals surface area contributed by atoms with Crippen molar-refractivity contribution in [3.8, 4) is 0 Å². The van der Waals surface area contributed by atoms with Crippen LogP contribution in [0.5, 0.6) is 0 Å². The molecular formula is C16H20N2O3. The van der Waals surface area contributed by atoms with Crippen molar-refractivity contribution in [1.29, 1.82) is 0 Å². The fourth-order valence-electron chi connectivity index (χ4n) is 2.66. The lowest BCUT2D eigenvalue weighted by molar-refractivity contribution is 0.0956. The van der Waals surface area contributed by atoms with E-state index >= 15 is 0 Å². The lowest BCUT2D eigenvalue weighted by atomic mass is 10.2. The largest absolute Gasteiger partial charge is 0.467 e. The lowest BCUT2D eigenvalue weighted by Crippen LogP contribution is -2.28. The van der Waals surface area contributed by atoms with E-state index in [1.54, 1.807) is 16.9 Å². The zero-order chi connectivity index (χ0) is 14.7. The number of nitrogens with one attached hydrogen (secondary N) is 1. The van der Waals surface area contributed by atoms with Crippen molar-refractivity contribution in [3.05, 3.63) is 52.3 Å². The van der Waals surface area contributed by atoms with Crippen molar-refractivity contribution < 1.29 is 9.15 Å². The van der Waals surface area contributed by atoms with Crippen LogP contribution in [0.15, 0.2) is 39.7 Å². The normalized spacial score (nSPS) is 18.0. The minimum absolute atomic E-state index is 0.00689. The fourth-order valence-corrected chi connectivity index (χ4v) is 2.66. The Hall–Kier alpha value is -2.01. The first kappa shape index (κ1) is 13.9. The quantitative estimate of drug-likeness (QED) is 0.918. The van der Waals surface area contributed by atoms with E-state index in [2.05, 4.69) is 5.32 Å². The van der Waals surface area contributed by atoms with Gasteiger partial charge in [0, 0.05) is 24.1 Å². The molecule has 0 radical (unpaired) electrons. The molecule has 1 aliphatic heterocycles. The van der Waals surface area contributed by atoms with Gasteiger partial charge in [-0.05, 0) is 38.0 Å². The van der Waals surface area contributed by atoms with Crippen LogP contribution in [-0.2, 0) is 17.8 Å². The highest BCUT2D eigenvalue weighted by molar-refractivity contribution is 5.43. The molecule has 112 valence electrons. The van der Waals surface area contributed by atoms with Crippen molar-refractivity contribution in [2.75, 3.05) is 11.9 Å². The minimum Gasteiger partial charge on any atom is -0.467 e. The van der Waals surface area contributed by atoms with Gasteiger partial charge in [-0.3, -0.25) is 4.79 Å². The summed E-state index contributed by atoms with van der Waals surface area (Å²) in [5.41, 5.74) is 1.77. The smallest absolute Gasteiger partial charge is 0.252 e. The third kappa shape index (κ3) is 3.36. The van der Waals surface area contributed by atoms with Gasteiger partial charge in [-0.25, -0.2) is 0 Å². The summed E-state index contributed by atoms with van der Waals surface area (Å²) in [7, 11) is 0. The summed E-state index contributed by atoms with van der Waals surface area (Å²) in [6, 6.07) is 7.37. The molecule has 3 rings (SSSR count). The highest BCUT2D eigenvalue weighted by Gasteiger charge is 2.17. The molecule has 2 aromatic rings. The highest BCUT2D eigenvalue weighted by Crippen LogP contribution is 2.15. The number of aromatic nitrogens is 1. The number of aryl methyl sites for hydroxylation is 1. The average molecular weight is 288 g/mol. The number of furan rings is 1. The number of ether oxygens (including phenoxy) is 1. The second-order valence-corrected chi connectivity index (χ2v) is 5.40. The van der Waals surface area contributed by atoms with Crippen LogP contribution in [0, 0.1) is 6.92 Å². The second kappa shape index (κ2) is 6.18. The van der Waals surface area contributed by atoms with Crippen LogP contribution >= 0.6 is 0 Å². The maximum Gasteiger partial charge on any atom is 0.252 e. The van der Waals surface area contributed by atoms with E-state index in [1.165, 1.54) is 0 Å². The van der Waals surface area contributed by atoms with Gasteiger partial charge in [0.1, 0.15) is 5.76 Å². The SMILES string of the molecule is Cc1cc(NCc2ccco2)cc(=O)n1C[C@@H]1CCCO1. The Morgan fingerprint density at radius 2 is 2.33 bits per heavy atom. The molecule has 2 aromatic heterocycles. The number of anilines is 1. The first-order valence-corrected chi connectivity index (χ1v) is 7.32. The van der Waals surface area contributed by atoms with Crippen molar-refractivity contribution in [2.45, 2.75) is 39.0 Å². The van der Waals surface area contributed by atoms with Crippen LogP contribution in [0.3, 0.4) is 0 Å². The molecular weight excluding hydrogens is 268 g/mol. The Bertz CT molecular complexity index is 640. The molecule has 3 heterocycles. The number of rotatable bonds is 5. The van der Waals surface area contributed by atoms with Crippen molar-refractivity contribution in [2.24, 2.45) is 0 Å². The van der Waals surface area contributed by atoms with E-state index < -0.39 is 0 Å². The van der Waals surface area contributed by atoms with Gasteiger partial charge >= 0.3 is 0 Å². The number of hydrogen-bond acceptors (Lipinski definition) is 4. The van der Waals surface area contributed by atoms with Crippen LogP contribution in [0.25, 0.3) is 0 Å². The van der Waals surface area contributed by atoms with Gasteiger partial charge in [-0.15, -0.1) is 0 Å². The maximum atomic E-state index is 12.3. The molecule has 5 nitrogen and oxygen atoms in total. The van der Waals surface area contributed by atoms with Gasteiger partial charge in [-0.1, -0.05) is 0 Å². The van der Waals surface area contributed by atoms with E-state index in [9.17, 15) is 4.79 Å². The van der Waals surface area contributed by atoms with Gasteiger partial charge in [0.05, 0.1) is 25.5 Å². The van der Waals surface area contributed by atoms with Crippen molar-refractivity contribution in [3.63, 3.8) is 0 Å². The zero-order valence-corrected chi connectivity index (χ0v) is 12.2. The molecule has 0 unspecified atom stereocenters. The molecule has 0 bridgehead atoms. The standard InChI is InChI=1S/C16H20N2O3/c1-12-8-13(17-10-14-4-2-6-20-14)9-16(19)18(12)11-15-5-3-7-21-15/h2,4,6,8-9,15,17H,3,5,7,10-11H2,1H3/t15-/m0/s1. The summed E-state index contributed by atoms with van der Waals surface area (Å²) in [5.74, 6) is 0.844. The topological polar surface area (TPSA) is 56.4 Å². The van der Waals surface area contributed by atoms with Crippen LogP contribution in [0.4, 0.5) is 5.69 Å². The lowest BCUT2D eigenvalue weighted by Gasteiger charge is -2.16. The molecule has 0 spiro atoms. The summed E-state index contributed by atoms with van der Waals surface area (Å²) < 4.78 is 12.7. The number of hydrogen-bond donors (Lipinski definition) is 1. The summed E-state index contributed by atoms with van der Waals surface area (Å²) in [6.45, 7) is 3.97. The Morgan fingerprint density at radius 3 is 3.00 bits per heavy atom. The molecule has 0 aliphatic carbocycles. The van der Waals surface area contributed by atoms with E-state index in [1.807, 2.05) is 25.1 Å². The molecule has 1 N–H and O–H groups in total. The number of nitrogens with zero attached hydrogens (tertiary/aromatic N) is 1. The van der Waals surface area contributed by atoms with Crippen LogP contribution in [-0.4, -0.2) is 17.3 Å². The third-order valence-corrected chi connectivity index (χ3v) is 3.79. The van der Waals surface area contributed by atoms with E-state index in [4.69, 9.17) is 9.15 Å². The van der Waals surface area contributed by atoms with Crippen molar-refractivity contribution in [1.82, 2.24) is 4.57 Å². The Balaban J connectivity index is 1.71. The number of pyridine rings is 1. The van der Waals surface area contributed by atoms with Gasteiger partial charge in [-0.2, -0.15) is 0 Å². The van der Waals surface area contributed by atoms with E-state index in [0.717, 1.165) is 36.6 Å². The predicted molar refractivity (Wildman–Crippen MR) is 80.4 cm³/mol. The molecule has 5 heteroatoms. The first-order chi connectivity index (χ1) is 10.2. The molecule has 1 fully saturated rings. The molecule has 0 saturated carbocycles. The van der Waals surface area contributed by atoms with Crippen LogP contribution < -0.4 is 10.9 Å². The Morgan fingerprint density at radius 1 is 1.43 bits per heavy atom. The molecule has 21 heavy (non-hydrogen) atoms. The average Bonchev–Trinajstić information content (AvgIpc) is 3.14. The van der Waals surface area contributed by atoms with Gasteiger partial charge in [0.2, 0.25) is 0 Å². The monoisotopic (exact) mass is 288 g/mol. The predicted octanol–water partition coefficient (Wildman–Crippen LogP) is 2.54. The Kier molecular flexibility index (Phi) is 4.10. The maximum absolute atomic E-state index is 12.3. The van der Waals surface area contributed by atoms with E-state index in [0.29, 0.717) is 13.1 Å². The summed E-state index contributed by atoms with van der Waals surface area (Å²) in [5, 5.41) is 3.21. The van der Waals surface area contributed by atoms with Gasteiger partial charge < -0.3 is 19.0 Å². The molecule has 0 amide bonds. The van der Waals surface area contributed by atoms with Crippen LogP contribution in [0.2, 0.25) is 0 Å². The molecule has 1 atom stereocenters. The molecule has 1 aliphatic rings. The molecule has 0 aromatic carbocycles. The van der Waals surface area contributed by atoms with Crippen LogP contribution in [0.1, 0.15) is 24.3 Å². The van der Waals surface area contributed by atoms with Gasteiger partial charge in [0.15, 0.2) is 0 Å². The minimum atomic E-state index is 0.00689. The highest BCUT2D eigenvalue weighted by atomic mass is 16.5. The second-order valence-electron chi connectivity index (χ2n) is 5.40. The Labute approximate surface area is 123 Å². The molecule has 1 saturated heterocycles. The first-order valence-electron chi connectivity index (χ1n) is 7.32. The van der Waals surface area contributed by atoms with E-state index in [-0.39, 0.29) is 11.7 Å². The summed E-state index contributed by atoms with van der Waals surface area (Å²) >= 11 is 0. The summed E-state index contributed by atoms with van der Waals surface area (Å²) in [4.78, 5) is 12.3. The third-order valence-electron chi connectivity index (χ3n) is 3.79. The van der Waals surface area contributed by atoms with Crippen molar-refractivity contribution >= 4 is 5.69 Å². The van der Waals surface area contributed by atoms with Gasteiger partial charge in [0.25, 0.3) is 5.56 Å².